The zero-order valence-electron chi connectivity index (χ0n) is 62.4. The van der Waals surface area contributed by atoms with E-state index in [-0.39, 0.29) is 32.2 Å². The van der Waals surface area contributed by atoms with Crippen LogP contribution in [0.4, 0.5) is 0 Å². The van der Waals surface area contributed by atoms with Crippen LogP contribution in [0.2, 0.25) is 0 Å². The molecule has 0 N–H and O–H groups in total. The molecule has 0 saturated carbocycles. The average Bonchev–Trinajstić information content (AvgIpc) is 3.38. The second kappa shape index (κ2) is 74.8. The van der Waals surface area contributed by atoms with Gasteiger partial charge in [0.2, 0.25) is 0 Å². The average molecular weight is 1310 g/mol. The van der Waals surface area contributed by atoms with Crippen molar-refractivity contribution in [1.82, 2.24) is 0 Å². The first-order chi connectivity index (χ1) is 45.6. The summed E-state index contributed by atoms with van der Waals surface area (Å²) in [4.78, 5) is 37.6. The van der Waals surface area contributed by atoms with Crippen LogP contribution < -0.4 is 5.11 Å². The van der Waals surface area contributed by atoms with E-state index in [0.717, 1.165) is 57.8 Å². The van der Waals surface area contributed by atoms with Gasteiger partial charge in [-0.05, 0) is 77.0 Å². The van der Waals surface area contributed by atoms with Gasteiger partial charge in [-0.1, -0.05) is 370 Å². The number of carbonyl (C=O) groups excluding carboxylic acids is 3. The summed E-state index contributed by atoms with van der Waals surface area (Å²) in [5, 5.41) is 11.9. The molecule has 0 spiro atoms. The van der Waals surface area contributed by atoms with Crippen molar-refractivity contribution in [3.63, 3.8) is 0 Å². The van der Waals surface area contributed by atoms with Crippen LogP contribution in [-0.2, 0) is 33.3 Å². The minimum absolute atomic E-state index is 0.150. The van der Waals surface area contributed by atoms with Crippen molar-refractivity contribution < 1.29 is 42.9 Å². The molecule has 0 aromatic carbocycles. The highest BCUT2D eigenvalue weighted by Gasteiger charge is 2.22. The van der Waals surface area contributed by atoms with Crippen LogP contribution in [0.25, 0.3) is 0 Å². The van der Waals surface area contributed by atoms with Gasteiger partial charge in [-0.2, -0.15) is 0 Å². The van der Waals surface area contributed by atoms with Crippen LogP contribution in [-0.4, -0.2) is 82.3 Å². The van der Waals surface area contributed by atoms with Gasteiger partial charge >= 0.3 is 11.9 Å². The lowest BCUT2D eigenvalue weighted by molar-refractivity contribution is -0.870. The fourth-order valence-electron chi connectivity index (χ4n) is 12.1. The first kappa shape index (κ1) is 90.0. The lowest BCUT2D eigenvalue weighted by Gasteiger charge is -2.26. The number of aliphatic carboxylic acids is 1. The monoisotopic (exact) mass is 1310 g/mol. The molecule has 2 atom stereocenters. The number of esters is 2. The molecule has 0 aliphatic carbocycles. The zero-order chi connectivity index (χ0) is 67.5. The molecular formula is C84H155NO8. The van der Waals surface area contributed by atoms with Crippen molar-refractivity contribution in [3.05, 3.63) is 60.8 Å². The topological polar surface area (TPSA) is 111 Å². The van der Waals surface area contributed by atoms with Gasteiger partial charge in [0.25, 0.3) is 0 Å². The molecule has 0 aliphatic rings. The van der Waals surface area contributed by atoms with E-state index in [1.165, 1.54) is 308 Å². The number of hydrogen-bond donors (Lipinski definition) is 0. The molecule has 0 amide bonds. The summed E-state index contributed by atoms with van der Waals surface area (Å²) in [6.07, 6.45) is 96.4. The molecule has 0 rings (SSSR count). The Morgan fingerprint density at radius 3 is 0.925 bits per heavy atom. The molecule has 0 radical (unpaired) electrons. The molecule has 0 bridgehead atoms. The van der Waals surface area contributed by atoms with Gasteiger partial charge < -0.3 is 33.3 Å². The van der Waals surface area contributed by atoms with Gasteiger partial charge in [0.05, 0.1) is 40.3 Å². The molecule has 0 fully saturated rings. The normalized spacial score (nSPS) is 12.9. The first-order valence-corrected chi connectivity index (χ1v) is 40.4. The maximum atomic E-state index is 13.0. The van der Waals surface area contributed by atoms with Crippen molar-refractivity contribution in [1.29, 1.82) is 0 Å². The van der Waals surface area contributed by atoms with Crippen LogP contribution in [0.5, 0.6) is 0 Å². The summed E-state index contributed by atoms with van der Waals surface area (Å²) in [5.41, 5.74) is 0. The predicted octanol–water partition coefficient (Wildman–Crippen LogP) is 24.5. The quantitative estimate of drug-likeness (QED) is 0.0195. The third-order valence-electron chi connectivity index (χ3n) is 18.2. The Morgan fingerprint density at radius 1 is 0.333 bits per heavy atom. The number of unbranched alkanes of at least 4 members (excludes halogenated alkanes) is 51. The standard InChI is InChI=1S/C84H155NO8/c1-6-8-10-12-14-16-18-20-22-24-26-28-30-32-34-36-38-39-40-41-42-43-45-46-48-50-52-54-56-58-60-62-64-66-68-70-72-74-81(86)91-78-80(79-92-84(83(88)89)90-77-76-85(3,4)5)93-82(87)75-73-71-69-67-65-63-61-59-57-55-53-51-49-47-44-37-35-33-31-29-27-25-23-21-19-17-15-13-11-9-7-2/h9,11,15,17,21,23-24,26-27,29,80,84H,6-8,10,12-14,16,18-20,22,25,28,30-79H2,1-5H3/b11-9-,17-15-,23-21-,26-24-,29-27-. The van der Waals surface area contributed by atoms with Gasteiger partial charge in [0.1, 0.15) is 13.2 Å². The van der Waals surface area contributed by atoms with Crippen molar-refractivity contribution in [2.45, 2.75) is 411 Å². The third-order valence-corrected chi connectivity index (χ3v) is 18.2. The number of nitrogens with zero attached hydrogens (tertiary/aromatic N) is 1. The second-order valence-corrected chi connectivity index (χ2v) is 28.7. The molecule has 0 aromatic rings. The van der Waals surface area contributed by atoms with E-state index in [1.54, 1.807) is 0 Å². The third kappa shape index (κ3) is 76.2. The van der Waals surface area contributed by atoms with Gasteiger partial charge in [-0.25, -0.2) is 0 Å². The Balaban J connectivity index is 3.96. The Morgan fingerprint density at radius 2 is 0.613 bits per heavy atom. The van der Waals surface area contributed by atoms with Gasteiger partial charge in [0.15, 0.2) is 12.4 Å². The number of likely N-dealkylation sites (N-methyl/N-ethyl adjacent to an activating group) is 1. The Labute approximate surface area is 577 Å². The predicted molar refractivity (Wildman–Crippen MR) is 399 cm³/mol. The largest absolute Gasteiger partial charge is 0.545 e. The van der Waals surface area contributed by atoms with Gasteiger partial charge in [-0.3, -0.25) is 9.59 Å². The molecular weight excluding hydrogens is 1150 g/mol. The van der Waals surface area contributed by atoms with Crippen LogP contribution >= 0.6 is 0 Å². The summed E-state index contributed by atoms with van der Waals surface area (Å²) in [6.45, 7) is 4.70. The van der Waals surface area contributed by atoms with E-state index in [0.29, 0.717) is 23.9 Å². The van der Waals surface area contributed by atoms with Crippen LogP contribution in [0, 0.1) is 0 Å². The maximum Gasteiger partial charge on any atom is 0.306 e. The van der Waals surface area contributed by atoms with E-state index in [2.05, 4.69) is 74.6 Å². The van der Waals surface area contributed by atoms with Crippen molar-refractivity contribution in [2.24, 2.45) is 0 Å². The number of carboxylic acid groups (broad SMARTS) is 1. The maximum absolute atomic E-state index is 13.0. The summed E-state index contributed by atoms with van der Waals surface area (Å²) >= 11 is 0. The van der Waals surface area contributed by atoms with Gasteiger partial charge in [0, 0.05) is 12.8 Å². The minimum Gasteiger partial charge on any atom is -0.545 e. The highest BCUT2D eigenvalue weighted by molar-refractivity contribution is 5.70. The molecule has 2 unspecified atom stereocenters. The van der Waals surface area contributed by atoms with Crippen LogP contribution in [0.15, 0.2) is 60.8 Å². The fourth-order valence-corrected chi connectivity index (χ4v) is 12.1. The number of quaternary nitrogens is 1. The molecule has 9 nitrogen and oxygen atoms in total. The fraction of sp³-hybridized carbons (Fsp3) is 0.845. The minimum atomic E-state index is -1.62. The van der Waals surface area contributed by atoms with Crippen molar-refractivity contribution >= 4 is 17.9 Å². The highest BCUT2D eigenvalue weighted by atomic mass is 16.7. The van der Waals surface area contributed by atoms with E-state index >= 15 is 0 Å². The molecule has 9 heteroatoms. The lowest BCUT2D eigenvalue weighted by Crippen LogP contribution is -2.44. The van der Waals surface area contributed by atoms with Crippen molar-refractivity contribution in [2.75, 3.05) is 47.5 Å². The van der Waals surface area contributed by atoms with E-state index in [4.69, 9.17) is 18.9 Å². The Kier molecular flexibility index (Phi) is 72.4. The number of ether oxygens (including phenoxy) is 4. The van der Waals surface area contributed by atoms with Gasteiger partial charge in [-0.15, -0.1) is 0 Å². The summed E-state index contributed by atoms with van der Waals surface area (Å²) in [7, 11) is 5.95. The molecule has 0 aliphatic heterocycles. The first-order valence-electron chi connectivity index (χ1n) is 40.4. The van der Waals surface area contributed by atoms with Crippen molar-refractivity contribution in [3.8, 4) is 0 Å². The zero-order valence-corrected chi connectivity index (χ0v) is 62.4. The molecule has 93 heavy (non-hydrogen) atoms. The Bertz CT molecular complexity index is 1710. The summed E-state index contributed by atoms with van der Waals surface area (Å²) < 4.78 is 22.9. The van der Waals surface area contributed by atoms with Crippen LogP contribution in [0.3, 0.4) is 0 Å². The number of carbonyl (C=O) groups is 3. The molecule has 544 valence electrons. The summed E-state index contributed by atoms with van der Waals surface area (Å²) in [6, 6.07) is 0. The molecule has 0 saturated heterocycles. The van der Waals surface area contributed by atoms with Crippen LogP contribution in [0.1, 0.15) is 399 Å². The summed E-state index contributed by atoms with van der Waals surface area (Å²) in [5.74, 6) is -2.25. The number of hydrogen-bond acceptors (Lipinski definition) is 8. The molecule has 0 heterocycles. The number of rotatable bonds is 76. The smallest absolute Gasteiger partial charge is 0.306 e. The highest BCUT2D eigenvalue weighted by Crippen LogP contribution is 2.20. The number of allylic oxidation sites excluding steroid dienone is 10. The Hall–Kier alpha value is -3.01. The second-order valence-electron chi connectivity index (χ2n) is 28.7. The van der Waals surface area contributed by atoms with E-state index < -0.39 is 24.3 Å². The SMILES string of the molecule is CC/C=C\C/C=C\C/C=C\C/C=C\CCCCCCCCCCCCCCCCCCCCC(=O)OC(COC(=O)CCCCCCCCCCCCCCCCCCCCCCCCCCC/C=C\CCCCCCCCCC)COC(OCC[N+](C)(C)C)C(=O)[O-]. The number of carboxylic acids is 1. The van der Waals surface area contributed by atoms with E-state index in [9.17, 15) is 19.5 Å². The lowest BCUT2D eigenvalue weighted by atomic mass is 10.0. The molecule has 0 aromatic heterocycles. The van der Waals surface area contributed by atoms with E-state index in [1.807, 2.05) is 21.1 Å².